The van der Waals surface area contributed by atoms with Gasteiger partial charge in [0.05, 0.1) is 24.2 Å². The number of carbonyl (C=O) groups excluding carboxylic acids is 4. The summed E-state index contributed by atoms with van der Waals surface area (Å²) < 4.78 is 0. The number of thiophene rings is 2. The molecule has 0 aliphatic carbocycles. The highest BCUT2D eigenvalue weighted by Crippen LogP contribution is 2.29. The third-order valence-electron chi connectivity index (χ3n) is 17.3. The van der Waals surface area contributed by atoms with Crippen LogP contribution in [0.1, 0.15) is 184 Å². The minimum atomic E-state index is -0.0607. The van der Waals surface area contributed by atoms with Crippen LogP contribution in [0, 0.1) is 119 Å². The van der Waals surface area contributed by atoms with Gasteiger partial charge in [0, 0.05) is 69.7 Å². The SMILES string of the molecule is C#C/C=C/[C@@H](C)[C@@H](C)[C@@H](C(=O)C(C)C)N(C)C(C)C.CC#C/C=C/[C@@H](C)[C@@H](C)[C@@H](C(=O)C(C)C)N(C)C(C)C.CC(C)C(=O)[C@H]([C@H](C)[C@H](C)/C=C/C#Cc1ccsc1)N(C)C(C)C.CC(C)C(=O)[C@H]([C@H](C)[C@H](C)/C=C\C#Cc1ccsc1)N(C)C(C)C. The largest absolute Gasteiger partial charge is 0.298 e. The zero-order chi connectivity index (χ0) is 67.6. The van der Waals surface area contributed by atoms with Crippen LogP contribution in [0.25, 0.3) is 0 Å². The summed E-state index contributed by atoms with van der Waals surface area (Å²) in [5.74, 6) is 24.4. The van der Waals surface area contributed by atoms with Gasteiger partial charge in [-0.2, -0.15) is 22.7 Å². The zero-order valence-electron chi connectivity index (χ0n) is 59.9. The van der Waals surface area contributed by atoms with Gasteiger partial charge in [-0.15, -0.1) is 12.3 Å². The molecule has 0 saturated heterocycles. The predicted octanol–water partition coefficient (Wildman–Crippen LogP) is 16.9. The van der Waals surface area contributed by atoms with Crippen molar-refractivity contribution in [3.8, 4) is 47.9 Å². The van der Waals surface area contributed by atoms with E-state index in [0.29, 0.717) is 53.2 Å². The molecular weight excluding hydrogens is 1110 g/mol. The first kappa shape index (κ1) is 84.2. The number of hydrogen-bond acceptors (Lipinski definition) is 10. The molecule has 0 unspecified atom stereocenters. The minimum absolute atomic E-state index is 0.0377. The lowest BCUT2D eigenvalue weighted by Gasteiger charge is -2.37. The molecule has 8 nitrogen and oxygen atoms in total. The van der Waals surface area contributed by atoms with Gasteiger partial charge in [0.2, 0.25) is 0 Å². The van der Waals surface area contributed by atoms with Crippen molar-refractivity contribution in [1.29, 1.82) is 0 Å². The van der Waals surface area contributed by atoms with Gasteiger partial charge in [-0.25, -0.2) is 0 Å². The molecule has 486 valence electrons. The summed E-state index contributed by atoms with van der Waals surface area (Å²) in [5, 5.41) is 8.15. The van der Waals surface area contributed by atoms with Gasteiger partial charge in [0.1, 0.15) is 0 Å². The average Bonchev–Trinajstić information content (AvgIpc) is 3.17. The molecule has 2 aromatic heterocycles. The van der Waals surface area contributed by atoms with Gasteiger partial charge < -0.3 is 0 Å². The van der Waals surface area contributed by atoms with Crippen LogP contribution < -0.4 is 0 Å². The lowest BCUT2D eigenvalue weighted by Crippen LogP contribution is -2.49. The Morgan fingerprint density at radius 2 is 0.621 bits per heavy atom. The number of hydrogen-bond donors (Lipinski definition) is 0. The molecule has 0 aromatic carbocycles. The molecule has 0 spiro atoms. The van der Waals surface area contributed by atoms with Crippen LogP contribution >= 0.6 is 22.7 Å². The van der Waals surface area contributed by atoms with Gasteiger partial charge >= 0.3 is 0 Å². The van der Waals surface area contributed by atoms with Crippen molar-refractivity contribution in [2.24, 2.45) is 71.0 Å². The lowest BCUT2D eigenvalue weighted by molar-refractivity contribution is -0.130. The molecule has 2 aromatic rings. The molecular formula is C77H122N4O4S2. The second kappa shape index (κ2) is 44.5. The summed E-state index contributed by atoms with van der Waals surface area (Å²) in [6.45, 7) is 52.0. The van der Waals surface area contributed by atoms with E-state index in [1.54, 1.807) is 28.7 Å². The number of Topliss-reactive ketones (excluding diaryl/α,β-unsaturated/α-hetero) is 4. The van der Waals surface area contributed by atoms with Crippen LogP contribution in [0.2, 0.25) is 0 Å². The van der Waals surface area contributed by atoms with Crippen LogP contribution in [-0.4, -0.2) is 119 Å². The molecule has 0 aliphatic rings. The number of carbonyl (C=O) groups is 4. The van der Waals surface area contributed by atoms with E-state index in [-0.39, 0.29) is 89.3 Å². The van der Waals surface area contributed by atoms with E-state index in [0.717, 1.165) is 11.1 Å². The summed E-state index contributed by atoms with van der Waals surface area (Å²) >= 11 is 3.31. The first-order valence-corrected chi connectivity index (χ1v) is 34.0. The van der Waals surface area contributed by atoms with Crippen LogP contribution in [0.3, 0.4) is 0 Å². The molecule has 2 heterocycles. The fraction of sp³-hybridized carbons (Fsp3) is 0.636. The quantitative estimate of drug-likeness (QED) is 0.0780. The van der Waals surface area contributed by atoms with Gasteiger partial charge in [-0.05, 0) is 185 Å². The van der Waals surface area contributed by atoms with E-state index in [1.165, 1.54) is 0 Å². The Balaban J connectivity index is 0. The Kier molecular flexibility index (Phi) is 43.1. The van der Waals surface area contributed by atoms with Crippen LogP contribution in [0.5, 0.6) is 0 Å². The highest BCUT2D eigenvalue weighted by Gasteiger charge is 2.37. The Labute approximate surface area is 543 Å². The van der Waals surface area contributed by atoms with Gasteiger partial charge in [0.25, 0.3) is 0 Å². The number of allylic oxidation sites excluding steroid dienone is 8. The second-order valence-electron chi connectivity index (χ2n) is 26.5. The minimum Gasteiger partial charge on any atom is -0.298 e. The van der Waals surface area contributed by atoms with Crippen molar-refractivity contribution in [2.75, 3.05) is 28.2 Å². The summed E-state index contributed by atoms with van der Waals surface area (Å²) in [6.07, 6.45) is 21.1. The molecule has 12 atom stereocenters. The highest BCUT2D eigenvalue weighted by molar-refractivity contribution is 7.08. The van der Waals surface area contributed by atoms with Crippen molar-refractivity contribution < 1.29 is 19.2 Å². The van der Waals surface area contributed by atoms with E-state index >= 15 is 0 Å². The van der Waals surface area contributed by atoms with E-state index in [2.05, 4.69) is 204 Å². The third-order valence-corrected chi connectivity index (χ3v) is 18.7. The molecule has 0 aliphatic heterocycles. The Hall–Kier alpha value is -4.88. The fourth-order valence-corrected chi connectivity index (χ4v) is 10.8. The summed E-state index contributed by atoms with van der Waals surface area (Å²) in [6, 6.07) is 5.21. The van der Waals surface area contributed by atoms with Crippen LogP contribution in [0.4, 0.5) is 0 Å². The van der Waals surface area contributed by atoms with E-state index in [4.69, 9.17) is 6.42 Å². The van der Waals surface area contributed by atoms with E-state index < -0.39 is 0 Å². The standard InChI is InChI=1S/2C21H31NOS.C18H31NO.C17H29NO/c2*1-15(2)21(23)20(22(7)16(3)4)18(6)17(5)10-8-9-11-19-12-13-24-14-19;1-9-10-11-12-15(6)16(7)17(18(20)13(2)3)19(8)14(4)5;1-9-10-11-14(6)15(7)16(17(19)12(2)3)18(8)13(4)5/h2*8,10,12-18,20H,1-7H3;11-17H,1-8H3;1,10-16H,2-8H3/b10-8+;10-8-;12-11+;11-10+/t2*17-,18-,20+;15-,16-,17+;14-,15-,16+/m1111/s1. The topological polar surface area (TPSA) is 81.2 Å². The molecule has 0 radical (unpaired) electrons. The van der Waals surface area contributed by atoms with Gasteiger partial charge in [0.15, 0.2) is 23.1 Å². The van der Waals surface area contributed by atoms with Crippen molar-refractivity contribution in [2.45, 2.75) is 221 Å². The first-order chi connectivity index (χ1) is 40.5. The van der Waals surface area contributed by atoms with Gasteiger partial charge in [-0.3, -0.25) is 38.8 Å². The Morgan fingerprint density at radius 3 is 0.805 bits per heavy atom. The highest BCUT2D eigenvalue weighted by atomic mass is 32.1. The molecule has 2 rings (SSSR count). The molecule has 0 saturated carbocycles. The molecule has 0 bridgehead atoms. The molecule has 87 heavy (non-hydrogen) atoms. The normalized spacial score (nSPS) is 16.0. The number of rotatable bonds is 28. The average molecular weight is 1230 g/mol. The summed E-state index contributed by atoms with van der Waals surface area (Å²) in [4.78, 5) is 59.3. The predicted molar refractivity (Wildman–Crippen MR) is 381 cm³/mol. The second-order valence-corrected chi connectivity index (χ2v) is 28.0. The summed E-state index contributed by atoms with van der Waals surface area (Å²) in [5.41, 5.74) is 2.11. The van der Waals surface area contributed by atoms with Crippen LogP contribution in [-0.2, 0) is 19.2 Å². The Morgan fingerprint density at radius 1 is 0.391 bits per heavy atom. The van der Waals surface area contributed by atoms with Crippen molar-refractivity contribution in [3.63, 3.8) is 0 Å². The van der Waals surface area contributed by atoms with E-state index in [1.807, 2.05) is 134 Å². The molecule has 0 fully saturated rings. The maximum Gasteiger partial charge on any atom is 0.152 e. The number of nitrogens with zero attached hydrogens (tertiary/aromatic N) is 4. The first-order valence-electron chi connectivity index (χ1n) is 32.1. The molecule has 10 heteroatoms. The zero-order valence-corrected chi connectivity index (χ0v) is 61.6. The molecule has 0 N–H and O–H groups in total. The van der Waals surface area contributed by atoms with Crippen molar-refractivity contribution in [3.05, 3.63) is 93.4 Å². The maximum absolute atomic E-state index is 12.7. The monoisotopic (exact) mass is 1230 g/mol. The van der Waals surface area contributed by atoms with Gasteiger partial charge in [-0.1, -0.05) is 171 Å². The maximum atomic E-state index is 12.7. The van der Waals surface area contributed by atoms with E-state index in [9.17, 15) is 19.2 Å². The molecule has 0 amide bonds. The third kappa shape index (κ3) is 30.9. The number of likely N-dealkylation sites (N-methyl/N-ethyl adjacent to an activating group) is 4. The number of ketones is 4. The smallest absolute Gasteiger partial charge is 0.152 e. The van der Waals surface area contributed by atoms with Crippen molar-refractivity contribution >= 4 is 45.8 Å². The number of terminal acetylenes is 1. The van der Waals surface area contributed by atoms with Crippen molar-refractivity contribution in [1.82, 2.24) is 19.6 Å². The lowest BCUT2D eigenvalue weighted by atomic mass is 9.82. The van der Waals surface area contributed by atoms with Crippen LogP contribution in [0.15, 0.2) is 82.3 Å². The Bertz CT molecular complexity index is 2520. The fourth-order valence-electron chi connectivity index (χ4n) is 9.64. The summed E-state index contributed by atoms with van der Waals surface area (Å²) in [7, 11) is 8.19.